The monoisotopic (exact) mass is 541 g/mol. The van der Waals surface area contributed by atoms with Gasteiger partial charge in [-0.25, -0.2) is 9.78 Å². The van der Waals surface area contributed by atoms with Crippen molar-refractivity contribution < 1.29 is 24.3 Å². The number of aliphatic carboxylic acids is 1. The molecule has 0 saturated carbocycles. The molecule has 38 heavy (non-hydrogen) atoms. The summed E-state index contributed by atoms with van der Waals surface area (Å²) in [5, 5.41) is 15.8. The van der Waals surface area contributed by atoms with Crippen LogP contribution in [0.25, 0.3) is 10.9 Å². The number of likely N-dealkylation sites (tertiary alicyclic amines) is 1. The number of fused-ring (bicyclic) bond motifs is 1. The quantitative estimate of drug-likeness (QED) is 0.166. The van der Waals surface area contributed by atoms with Crippen LogP contribution in [-0.2, 0) is 32.0 Å². The Balaban J connectivity index is 1.52. The molecule has 1 saturated heterocycles. The SMILES string of the molecule is NC(Cc1cnc[nH]1)C(=O)NC(Cc1c[nH]c2ccccc12)C(=O)NC(CS)C(=O)N1CCCC1C(=O)O. The minimum atomic E-state index is -1.09. The zero-order valence-electron chi connectivity index (χ0n) is 20.6. The zero-order chi connectivity index (χ0) is 27.2. The largest absolute Gasteiger partial charge is 0.480 e. The summed E-state index contributed by atoms with van der Waals surface area (Å²) in [6.07, 6.45) is 6.05. The number of imidazole rings is 1. The third-order valence-electron chi connectivity index (χ3n) is 6.68. The first-order valence-corrected chi connectivity index (χ1v) is 12.9. The van der Waals surface area contributed by atoms with Gasteiger partial charge >= 0.3 is 5.97 Å². The Labute approximate surface area is 224 Å². The first kappa shape index (κ1) is 27.2. The molecule has 0 aliphatic carbocycles. The summed E-state index contributed by atoms with van der Waals surface area (Å²) >= 11 is 4.23. The van der Waals surface area contributed by atoms with Crippen molar-refractivity contribution in [3.8, 4) is 0 Å². The second-order valence-corrected chi connectivity index (χ2v) is 9.65. The Morgan fingerprint density at radius 1 is 1.13 bits per heavy atom. The summed E-state index contributed by atoms with van der Waals surface area (Å²) in [4.78, 5) is 62.4. The molecule has 7 N–H and O–H groups in total. The Morgan fingerprint density at radius 2 is 1.89 bits per heavy atom. The summed E-state index contributed by atoms with van der Waals surface area (Å²) in [7, 11) is 0. The number of carbonyl (C=O) groups is 4. The van der Waals surface area contributed by atoms with Gasteiger partial charge in [-0.15, -0.1) is 0 Å². The van der Waals surface area contributed by atoms with Gasteiger partial charge in [-0.1, -0.05) is 18.2 Å². The molecule has 1 fully saturated rings. The highest BCUT2D eigenvalue weighted by molar-refractivity contribution is 7.80. The number of benzene rings is 1. The van der Waals surface area contributed by atoms with E-state index in [1.54, 1.807) is 12.4 Å². The maximum Gasteiger partial charge on any atom is 0.326 e. The second kappa shape index (κ2) is 12.1. The topological polar surface area (TPSA) is 186 Å². The molecule has 3 aromatic rings. The number of para-hydroxylation sites is 1. The number of rotatable bonds is 11. The van der Waals surface area contributed by atoms with Crippen LogP contribution in [0.2, 0.25) is 0 Å². The average Bonchev–Trinajstić information content (AvgIpc) is 3.67. The van der Waals surface area contributed by atoms with Crippen molar-refractivity contribution in [2.45, 2.75) is 49.9 Å². The molecule has 0 bridgehead atoms. The molecule has 12 nitrogen and oxygen atoms in total. The van der Waals surface area contributed by atoms with Crippen molar-refractivity contribution in [2.75, 3.05) is 12.3 Å². The van der Waals surface area contributed by atoms with E-state index in [1.165, 1.54) is 11.2 Å². The number of nitrogens with one attached hydrogen (secondary N) is 4. The number of aromatic amines is 2. The molecular formula is C25H31N7O5S. The molecule has 3 heterocycles. The minimum Gasteiger partial charge on any atom is -0.480 e. The average molecular weight is 542 g/mol. The molecule has 13 heteroatoms. The van der Waals surface area contributed by atoms with E-state index in [2.05, 4.69) is 38.2 Å². The Bertz CT molecular complexity index is 1290. The number of thiol groups is 1. The van der Waals surface area contributed by atoms with E-state index in [-0.39, 0.29) is 25.1 Å². The highest BCUT2D eigenvalue weighted by atomic mass is 32.1. The van der Waals surface area contributed by atoms with Crippen LogP contribution in [0.15, 0.2) is 43.0 Å². The van der Waals surface area contributed by atoms with E-state index in [1.807, 2.05) is 24.3 Å². The zero-order valence-corrected chi connectivity index (χ0v) is 21.5. The Kier molecular flexibility index (Phi) is 8.69. The molecule has 0 spiro atoms. The Morgan fingerprint density at radius 3 is 2.61 bits per heavy atom. The van der Waals surface area contributed by atoms with E-state index in [0.717, 1.165) is 16.5 Å². The van der Waals surface area contributed by atoms with Crippen LogP contribution in [0, 0.1) is 0 Å². The van der Waals surface area contributed by atoms with Crippen molar-refractivity contribution in [2.24, 2.45) is 5.73 Å². The fourth-order valence-electron chi connectivity index (χ4n) is 4.68. The third-order valence-corrected chi connectivity index (χ3v) is 7.05. The number of nitrogens with two attached hydrogens (primary N) is 1. The molecule has 4 atom stereocenters. The van der Waals surface area contributed by atoms with Crippen molar-refractivity contribution in [3.05, 3.63) is 54.2 Å². The van der Waals surface area contributed by atoms with Gasteiger partial charge in [0.15, 0.2) is 0 Å². The number of carbonyl (C=O) groups excluding carboxylic acids is 3. The van der Waals surface area contributed by atoms with E-state index >= 15 is 0 Å². The summed E-state index contributed by atoms with van der Waals surface area (Å²) in [5.74, 6) is -2.79. The van der Waals surface area contributed by atoms with E-state index in [4.69, 9.17) is 5.73 Å². The summed E-state index contributed by atoms with van der Waals surface area (Å²) < 4.78 is 0. The maximum atomic E-state index is 13.5. The van der Waals surface area contributed by atoms with Gasteiger partial charge in [-0.05, 0) is 24.5 Å². The lowest BCUT2D eigenvalue weighted by molar-refractivity contribution is -0.149. The number of H-pyrrole nitrogens is 2. The number of carboxylic acids is 1. The van der Waals surface area contributed by atoms with Gasteiger partial charge in [0.1, 0.15) is 18.1 Å². The number of nitrogens with zero attached hydrogens (tertiary/aromatic N) is 2. The maximum absolute atomic E-state index is 13.5. The van der Waals surface area contributed by atoms with E-state index in [9.17, 15) is 24.3 Å². The van der Waals surface area contributed by atoms with Gasteiger partial charge in [0.2, 0.25) is 17.7 Å². The highest BCUT2D eigenvalue weighted by Gasteiger charge is 2.38. The van der Waals surface area contributed by atoms with Gasteiger partial charge < -0.3 is 36.3 Å². The van der Waals surface area contributed by atoms with Gasteiger partial charge in [0.25, 0.3) is 0 Å². The van der Waals surface area contributed by atoms with E-state index in [0.29, 0.717) is 18.5 Å². The van der Waals surface area contributed by atoms with Crippen molar-refractivity contribution in [1.29, 1.82) is 0 Å². The summed E-state index contributed by atoms with van der Waals surface area (Å²) in [6, 6.07) is 3.55. The van der Waals surface area contributed by atoms with Gasteiger partial charge in [-0.3, -0.25) is 14.4 Å². The van der Waals surface area contributed by atoms with Gasteiger partial charge in [0.05, 0.1) is 12.4 Å². The molecular weight excluding hydrogens is 510 g/mol. The number of aromatic nitrogens is 3. The highest BCUT2D eigenvalue weighted by Crippen LogP contribution is 2.21. The van der Waals surface area contributed by atoms with E-state index < -0.39 is 47.9 Å². The van der Waals surface area contributed by atoms with Crippen molar-refractivity contribution in [3.63, 3.8) is 0 Å². The molecule has 1 aliphatic heterocycles. The fraction of sp³-hybridized carbons (Fsp3) is 0.400. The molecule has 1 aliphatic rings. The number of hydrogen-bond donors (Lipinski definition) is 7. The van der Waals surface area contributed by atoms with Crippen LogP contribution in [0.5, 0.6) is 0 Å². The predicted molar refractivity (Wildman–Crippen MR) is 142 cm³/mol. The van der Waals surface area contributed by atoms with Gasteiger partial charge in [0, 0.05) is 54.1 Å². The molecule has 202 valence electrons. The van der Waals surface area contributed by atoms with Crippen molar-refractivity contribution >= 4 is 47.2 Å². The predicted octanol–water partition coefficient (Wildman–Crippen LogP) is -0.0215. The minimum absolute atomic E-state index is 0.0412. The van der Waals surface area contributed by atoms with Crippen LogP contribution in [0.1, 0.15) is 24.1 Å². The smallest absolute Gasteiger partial charge is 0.326 e. The standard InChI is InChI=1S/C25H31N7O5S/c26-17(9-15-11-27-13-29-15)22(33)30-19(8-14-10-28-18-5-2-1-4-16(14)18)23(34)31-20(12-38)24(35)32-7-3-6-21(32)25(36)37/h1-2,4-5,10-11,13,17,19-21,28,38H,3,6-9,12,26H2,(H,27,29)(H,30,33)(H,31,34)(H,36,37). The number of amides is 3. The first-order valence-electron chi connectivity index (χ1n) is 12.3. The molecule has 2 aromatic heterocycles. The van der Waals surface area contributed by atoms with Crippen LogP contribution < -0.4 is 16.4 Å². The number of carboxylic acid groups (broad SMARTS) is 1. The molecule has 3 amide bonds. The molecule has 4 rings (SSSR count). The normalized spacial score (nSPS) is 17.6. The second-order valence-electron chi connectivity index (χ2n) is 9.28. The van der Waals surface area contributed by atoms with Gasteiger partial charge in [-0.2, -0.15) is 12.6 Å². The van der Waals surface area contributed by atoms with Crippen LogP contribution >= 0.6 is 12.6 Å². The lowest BCUT2D eigenvalue weighted by Crippen LogP contribution is -2.58. The van der Waals surface area contributed by atoms with Crippen LogP contribution in [0.3, 0.4) is 0 Å². The molecule has 4 unspecified atom stereocenters. The third kappa shape index (κ3) is 6.17. The Hall–Kier alpha value is -3.84. The lowest BCUT2D eigenvalue weighted by Gasteiger charge is -2.28. The summed E-state index contributed by atoms with van der Waals surface area (Å²) in [5.41, 5.74) is 8.44. The lowest BCUT2D eigenvalue weighted by atomic mass is 10.0. The van der Waals surface area contributed by atoms with Crippen molar-refractivity contribution in [1.82, 2.24) is 30.5 Å². The first-order chi connectivity index (χ1) is 18.3. The summed E-state index contributed by atoms with van der Waals surface area (Å²) in [6.45, 7) is 0.286. The van der Waals surface area contributed by atoms with Crippen LogP contribution in [0.4, 0.5) is 0 Å². The number of hydrogen-bond acceptors (Lipinski definition) is 7. The van der Waals surface area contributed by atoms with Crippen LogP contribution in [-0.4, -0.2) is 85.1 Å². The molecule has 1 aromatic carbocycles. The molecule has 0 radical (unpaired) electrons. The fourth-order valence-corrected chi connectivity index (χ4v) is 4.93.